The monoisotopic (exact) mass is 379 g/mol. The van der Waals surface area contributed by atoms with Crippen LogP contribution in [0.1, 0.15) is 31.5 Å². The van der Waals surface area contributed by atoms with Crippen LogP contribution in [0, 0.1) is 6.07 Å². The number of benzene rings is 2. The van der Waals surface area contributed by atoms with Gasteiger partial charge in [-0.25, -0.2) is 0 Å². The number of para-hydroxylation sites is 1. The van der Waals surface area contributed by atoms with E-state index >= 15 is 0 Å². The molecule has 1 saturated heterocycles. The Hall–Kier alpha value is -2.57. The molecule has 2 aromatic carbocycles. The number of aromatic amines is 1. The summed E-state index contributed by atoms with van der Waals surface area (Å²) in [5.74, 6) is 1.46. The first kappa shape index (κ1) is 18.8. The largest absolute Gasteiger partial charge is 0.493 e. The van der Waals surface area contributed by atoms with Crippen LogP contribution in [0.2, 0.25) is 0 Å². The summed E-state index contributed by atoms with van der Waals surface area (Å²) in [4.78, 5) is 2.43. The number of rotatable bonds is 7. The topological polar surface area (TPSA) is 62.4 Å². The number of ether oxygens (including phenoxy) is 2. The fourth-order valence-corrected chi connectivity index (χ4v) is 3.90. The van der Waals surface area contributed by atoms with Crippen LogP contribution in [0.25, 0.3) is 10.9 Å². The van der Waals surface area contributed by atoms with Gasteiger partial charge in [-0.2, -0.15) is 5.10 Å². The standard InChI is InChI=1S/C22H27N4O2/c1-3-8-21(28-20-12-7-6-11-19(20)27-2)26-14-13-23-15-18(26)22-16-9-4-5-10-17(16)24-25-22/h4-5,7,9-12,18,21,23H,3,8,13-15H2,1-2H3,(H,24,25). The van der Waals surface area contributed by atoms with Gasteiger partial charge < -0.3 is 14.8 Å². The number of methoxy groups -OCH3 is 1. The minimum Gasteiger partial charge on any atom is -0.493 e. The summed E-state index contributed by atoms with van der Waals surface area (Å²) in [5.41, 5.74) is 2.14. The molecule has 0 aliphatic carbocycles. The molecule has 28 heavy (non-hydrogen) atoms. The molecule has 2 heterocycles. The Morgan fingerprint density at radius 1 is 1.29 bits per heavy atom. The number of hydrogen-bond acceptors (Lipinski definition) is 5. The van der Waals surface area contributed by atoms with E-state index in [-0.39, 0.29) is 12.3 Å². The lowest BCUT2D eigenvalue weighted by Gasteiger charge is -2.40. The third kappa shape index (κ3) is 3.70. The highest BCUT2D eigenvalue weighted by Gasteiger charge is 2.33. The molecule has 0 saturated carbocycles. The molecule has 4 rings (SSSR count). The quantitative estimate of drug-likeness (QED) is 0.658. The SMILES string of the molecule is CCCC(Oc1cc[c]cc1OC)N1CCNCC1c1n[nH]c2ccccc12. The first-order chi connectivity index (χ1) is 13.8. The van der Waals surface area contributed by atoms with Crippen molar-refractivity contribution in [1.29, 1.82) is 0 Å². The van der Waals surface area contributed by atoms with E-state index in [2.05, 4.69) is 51.6 Å². The molecule has 1 aliphatic rings. The normalized spacial score (nSPS) is 18.9. The predicted octanol–water partition coefficient (Wildman–Crippen LogP) is 3.52. The molecule has 1 aliphatic heterocycles. The van der Waals surface area contributed by atoms with Crippen LogP contribution in [0.15, 0.2) is 42.5 Å². The smallest absolute Gasteiger partial charge is 0.163 e. The van der Waals surface area contributed by atoms with E-state index in [1.807, 2.05) is 24.3 Å². The van der Waals surface area contributed by atoms with Gasteiger partial charge in [-0.05, 0) is 30.7 Å². The lowest BCUT2D eigenvalue weighted by Crippen LogP contribution is -2.52. The molecule has 0 amide bonds. The number of nitrogens with one attached hydrogen (secondary N) is 2. The van der Waals surface area contributed by atoms with E-state index in [1.165, 1.54) is 5.39 Å². The second kappa shape index (κ2) is 8.63. The maximum Gasteiger partial charge on any atom is 0.163 e. The Morgan fingerprint density at radius 2 is 2.18 bits per heavy atom. The van der Waals surface area contributed by atoms with Gasteiger partial charge in [-0.15, -0.1) is 0 Å². The lowest BCUT2D eigenvalue weighted by atomic mass is 10.0. The average Bonchev–Trinajstić information content (AvgIpc) is 3.18. The third-order valence-corrected chi connectivity index (χ3v) is 5.28. The van der Waals surface area contributed by atoms with Crippen LogP contribution in [0.4, 0.5) is 0 Å². The number of nitrogens with zero attached hydrogens (tertiary/aromatic N) is 2. The van der Waals surface area contributed by atoms with Crippen LogP contribution in [-0.4, -0.2) is 48.1 Å². The minimum atomic E-state index is -0.0520. The molecule has 2 atom stereocenters. The minimum absolute atomic E-state index is 0.0520. The molecule has 1 fully saturated rings. The van der Waals surface area contributed by atoms with Crippen LogP contribution < -0.4 is 14.8 Å². The van der Waals surface area contributed by atoms with Gasteiger partial charge in [-0.3, -0.25) is 10.00 Å². The predicted molar refractivity (Wildman–Crippen MR) is 110 cm³/mol. The highest BCUT2D eigenvalue weighted by atomic mass is 16.5. The maximum absolute atomic E-state index is 6.47. The summed E-state index contributed by atoms with van der Waals surface area (Å²) in [5, 5.41) is 12.5. The molecular weight excluding hydrogens is 352 g/mol. The molecule has 147 valence electrons. The van der Waals surface area contributed by atoms with E-state index in [9.17, 15) is 0 Å². The summed E-state index contributed by atoms with van der Waals surface area (Å²) >= 11 is 0. The molecule has 1 aromatic heterocycles. The molecule has 2 N–H and O–H groups in total. The van der Waals surface area contributed by atoms with Crippen molar-refractivity contribution >= 4 is 10.9 Å². The Balaban J connectivity index is 1.65. The Morgan fingerprint density at radius 3 is 3.04 bits per heavy atom. The Bertz CT molecular complexity index is 910. The summed E-state index contributed by atoms with van der Waals surface area (Å²) < 4.78 is 11.9. The maximum atomic E-state index is 6.47. The Labute approximate surface area is 165 Å². The van der Waals surface area contributed by atoms with Crippen molar-refractivity contribution in [2.24, 2.45) is 0 Å². The first-order valence-corrected chi connectivity index (χ1v) is 9.92. The van der Waals surface area contributed by atoms with Crippen molar-refractivity contribution in [1.82, 2.24) is 20.4 Å². The van der Waals surface area contributed by atoms with E-state index in [4.69, 9.17) is 9.47 Å². The zero-order valence-electron chi connectivity index (χ0n) is 16.4. The molecule has 6 heteroatoms. The molecule has 0 bridgehead atoms. The van der Waals surface area contributed by atoms with Gasteiger partial charge in [-0.1, -0.05) is 37.6 Å². The molecule has 6 nitrogen and oxygen atoms in total. The van der Waals surface area contributed by atoms with Crippen molar-refractivity contribution in [2.45, 2.75) is 32.0 Å². The second-order valence-corrected chi connectivity index (χ2v) is 7.05. The van der Waals surface area contributed by atoms with E-state index in [0.717, 1.165) is 49.4 Å². The first-order valence-electron chi connectivity index (χ1n) is 9.92. The van der Waals surface area contributed by atoms with E-state index in [1.54, 1.807) is 7.11 Å². The summed E-state index contributed by atoms with van der Waals surface area (Å²) in [7, 11) is 1.66. The van der Waals surface area contributed by atoms with Gasteiger partial charge in [0.25, 0.3) is 0 Å². The van der Waals surface area contributed by atoms with Crippen molar-refractivity contribution in [3.05, 3.63) is 54.2 Å². The third-order valence-electron chi connectivity index (χ3n) is 5.28. The van der Waals surface area contributed by atoms with Gasteiger partial charge in [0.2, 0.25) is 0 Å². The fourth-order valence-electron chi connectivity index (χ4n) is 3.90. The van der Waals surface area contributed by atoms with Crippen molar-refractivity contribution < 1.29 is 9.47 Å². The van der Waals surface area contributed by atoms with Crippen LogP contribution in [0.3, 0.4) is 0 Å². The second-order valence-electron chi connectivity index (χ2n) is 7.05. The summed E-state index contributed by atoms with van der Waals surface area (Å²) in [6.45, 7) is 4.87. The van der Waals surface area contributed by atoms with Crippen molar-refractivity contribution in [3.63, 3.8) is 0 Å². The van der Waals surface area contributed by atoms with E-state index in [0.29, 0.717) is 5.75 Å². The van der Waals surface area contributed by atoms with Gasteiger partial charge in [0.05, 0.1) is 24.4 Å². The molecule has 3 aromatic rings. The van der Waals surface area contributed by atoms with Gasteiger partial charge in [0.15, 0.2) is 17.7 Å². The van der Waals surface area contributed by atoms with Crippen LogP contribution >= 0.6 is 0 Å². The van der Waals surface area contributed by atoms with Crippen LogP contribution in [-0.2, 0) is 0 Å². The number of piperazine rings is 1. The highest BCUT2D eigenvalue weighted by Crippen LogP contribution is 2.33. The van der Waals surface area contributed by atoms with Crippen molar-refractivity contribution in [3.8, 4) is 11.5 Å². The molecular formula is C22H27N4O2. The summed E-state index contributed by atoms with van der Waals surface area (Å²) in [6.07, 6.45) is 1.91. The average molecular weight is 379 g/mol. The van der Waals surface area contributed by atoms with Gasteiger partial charge in [0.1, 0.15) is 0 Å². The zero-order chi connectivity index (χ0) is 19.3. The number of H-pyrrole nitrogens is 1. The lowest BCUT2D eigenvalue weighted by molar-refractivity contribution is -0.0254. The fraction of sp³-hybridized carbons (Fsp3) is 0.409. The van der Waals surface area contributed by atoms with Crippen molar-refractivity contribution in [2.75, 3.05) is 26.7 Å². The molecule has 1 radical (unpaired) electrons. The Kier molecular flexibility index (Phi) is 5.78. The number of hydrogen-bond donors (Lipinski definition) is 2. The highest BCUT2D eigenvalue weighted by molar-refractivity contribution is 5.81. The van der Waals surface area contributed by atoms with Gasteiger partial charge >= 0.3 is 0 Å². The molecule has 2 unspecified atom stereocenters. The van der Waals surface area contributed by atoms with Gasteiger partial charge in [0, 0.05) is 25.0 Å². The number of fused-ring (bicyclic) bond motifs is 1. The summed E-state index contributed by atoms with van der Waals surface area (Å²) in [6, 6.07) is 17.1. The van der Waals surface area contributed by atoms with Crippen LogP contribution in [0.5, 0.6) is 11.5 Å². The molecule has 0 spiro atoms. The van der Waals surface area contributed by atoms with E-state index < -0.39 is 0 Å². The zero-order valence-corrected chi connectivity index (χ0v) is 16.4. The number of aromatic nitrogens is 2.